The fourth-order valence-corrected chi connectivity index (χ4v) is 3.20. The van der Waals surface area contributed by atoms with Crippen LogP contribution in [0, 0.1) is 0 Å². The maximum atomic E-state index is 12.1. The second-order valence-corrected chi connectivity index (χ2v) is 6.12. The van der Waals surface area contributed by atoms with Gasteiger partial charge in [-0.1, -0.05) is 41.9 Å². The number of halogens is 1. The zero-order chi connectivity index (χ0) is 18.0. The smallest absolute Gasteiger partial charge is 0.338 e. The quantitative estimate of drug-likeness (QED) is 0.692. The summed E-state index contributed by atoms with van der Waals surface area (Å²) in [5, 5.41) is 11.2. The molecule has 4 nitrogen and oxygen atoms in total. The van der Waals surface area contributed by atoms with Gasteiger partial charge >= 0.3 is 5.97 Å². The number of para-hydroxylation sites is 1. The highest BCUT2D eigenvalue weighted by Crippen LogP contribution is 2.37. The monoisotopic (exact) mass is 354 g/mol. The number of anilines is 1. The van der Waals surface area contributed by atoms with Gasteiger partial charge in [-0.25, -0.2) is 9.78 Å². The van der Waals surface area contributed by atoms with Crippen molar-refractivity contribution in [1.82, 2.24) is 4.98 Å². The summed E-state index contributed by atoms with van der Waals surface area (Å²) < 4.78 is 0. The second kappa shape index (κ2) is 7.11. The number of hydrogen-bond acceptors (Lipinski definition) is 3. The lowest BCUT2D eigenvalue weighted by atomic mass is 10.00. The lowest BCUT2D eigenvalue weighted by molar-refractivity contribution is 0.0699. The van der Waals surface area contributed by atoms with Crippen molar-refractivity contribution in [2.24, 2.45) is 0 Å². The Kier molecular flexibility index (Phi) is 4.91. The van der Waals surface area contributed by atoms with Gasteiger partial charge in [-0.2, -0.15) is 0 Å². The zero-order valence-electron chi connectivity index (χ0n) is 14.2. The number of fused-ring (bicyclic) bond motifs is 1. The third-order valence-electron chi connectivity index (χ3n) is 4.28. The van der Waals surface area contributed by atoms with E-state index < -0.39 is 5.97 Å². The van der Waals surface area contributed by atoms with Crippen LogP contribution in [0.2, 0.25) is 5.02 Å². The van der Waals surface area contributed by atoms with Crippen LogP contribution in [0.15, 0.2) is 48.5 Å². The van der Waals surface area contributed by atoms with E-state index >= 15 is 0 Å². The van der Waals surface area contributed by atoms with Crippen molar-refractivity contribution in [3.8, 4) is 11.3 Å². The van der Waals surface area contributed by atoms with Gasteiger partial charge in [0.05, 0.1) is 22.5 Å². The SMILES string of the molecule is CCN(CC)c1c(-c2ccc(Cl)cc2)nc2ccccc2c1C(=O)O. The number of pyridine rings is 1. The molecule has 0 spiro atoms. The second-order valence-electron chi connectivity index (χ2n) is 5.69. The van der Waals surface area contributed by atoms with E-state index in [-0.39, 0.29) is 0 Å². The molecule has 3 rings (SSSR count). The maximum Gasteiger partial charge on any atom is 0.338 e. The van der Waals surface area contributed by atoms with Crippen molar-refractivity contribution < 1.29 is 9.90 Å². The van der Waals surface area contributed by atoms with Crippen LogP contribution in [-0.4, -0.2) is 29.1 Å². The first kappa shape index (κ1) is 17.2. The number of nitrogens with zero attached hydrogens (tertiary/aromatic N) is 2. The summed E-state index contributed by atoms with van der Waals surface area (Å²) in [4.78, 5) is 19.0. The van der Waals surface area contributed by atoms with Crippen LogP contribution in [0.5, 0.6) is 0 Å². The lowest BCUT2D eigenvalue weighted by Gasteiger charge is -2.26. The number of aromatic nitrogens is 1. The molecule has 0 fully saturated rings. The Hall–Kier alpha value is -2.59. The molecular formula is C20H19ClN2O2. The summed E-state index contributed by atoms with van der Waals surface area (Å²) in [5.41, 5.74) is 3.12. The van der Waals surface area contributed by atoms with Crippen LogP contribution in [-0.2, 0) is 0 Å². The van der Waals surface area contributed by atoms with Gasteiger partial charge in [0.15, 0.2) is 0 Å². The van der Waals surface area contributed by atoms with Crippen molar-refractivity contribution >= 4 is 34.2 Å². The highest BCUT2D eigenvalue weighted by Gasteiger charge is 2.24. The Labute approximate surface area is 151 Å². The number of carbonyl (C=O) groups is 1. The predicted octanol–water partition coefficient (Wildman–Crippen LogP) is 5.10. The van der Waals surface area contributed by atoms with Gasteiger partial charge in [-0.3, -0.25) is 0 Å². The molecule has 0 saturated heterocycles. The number of benzene rings is 2. The summed E-state index contributed by atoms with van der Waals surface area (Å²) in [6.07, 6.45) is 0. The molecule has 128 valence electrons. The van der Waals surface area contributed by atoms with Crippen molar-refractivity contribution in [2.45, 2.75) is 13.8 Å². The van der Waals surface area contributed by atoms with Crippen molar-refractivity contribution in [1.29, 1.82) is 0 Å². The third kappa shape index (κ3) is 3.17. The van der Waals surface area contributed by atoms with Gasteiger partial charge in [0.2, 0.25) is 0 Å². The van der Waals surface area contributed by atoms with Crippen LogP contribution in [0.3, 0.4) is 0 Å². The van der Waals surface area contributed by atoms with Crippen LogP contribution in [0.4, 0.5) is 5.69 Å². The van der Waals surface area contributed by atoms with E-state index in [1.165, 1.54) is 0 Å². The molecule has 3 aromatic rings. The molecule has 0 bridgehead atoms. The average Bonchev–Trinajstić information content (AvgIpc) is 2.62. The molecule has 5 heteroatoms. The van der Waals surface area contributed by atoms with E-state index in [0.29, 0.717) is 46.0 Å². The Morgan fingerprint density at radius 2 is 1.72 bits per heavy atom. The molecule has 2 aromatic carbocycles. The maximum absolute atomic E-state index is 12.1. The highest BCUT2D eigenvalue weighted by molar-refractivity contribution is 6.30. The molecule has 1 N–H and O–H groups in total. The van der Waals surface area contributed by atoms with Crippen LogP contribution < -0.4 is 4.90 Å². The molecule has 0 saturated carbocycles. The van der Waals surface area contributed by atoms with Crippen molar-refractivity contribution in [3.63, 3.8) is 0 Å². The fourth-order valence-electron chi connectivity index (χ4n) is 3.08. The molecule has 0 aliphatic carbocycles. The number of carboxylic acids is 1. The van der Waals surface area contributed by atoms with Gasteiger partial charge in [0.25, 0.3) is 0 Å². The normalized spacial score (nSPS) is 10.8. The van der Waals surface area contributed by atoms with Gasteiger partial charge in [0, 0.05) is 29.1 Å². The molecule has 25 heavy (non-hydrogen) atoms. The first-order valence-corrected chi connectivity index (χ1v) is 8.61. The fraction of sp³-hybridized carbons (Fsp3) is 0.200. The van der Waals surface area contributed by atoms with Crippen molar-refractivity contribution in [3.05, 3.63) is 59.1 Å². The van der Waals surface area contributed by atoms with E-state index in [1.54, 1.807) is 12.1 Å². The summed E-state index contributed by atoms with van der Waals surface area (Å²) >= 11 is 6.01. The molecule has 1 heterocycles. The minimum absolute atomic E-state index is 0.291. The Morgan fingerprint density at radius 1 is 1.08 bits per heavy atom. The molecule has 0 aliphatic rings. The zero-order valence-corrected chi connectivity index (χ0v) is 14.9. The number of aromatic carboxylic acids is 1. The Morgan fingerprint density at radius 3 is 2.32 bits per heavy atom. The van der Waals surface area contributed by atoms with Gasteiger partial charge in [0.1, 0.15) is 0 Å². The highest BCUT2D eigenvalue weighted by atomic mass is 35.5. The van der Waals surface area contributed by atoms with Crippen molar-refractivity contribution in [2.75, 3.05) is 18.0 Å². The summed E-state index contributed by atoms with van der Waals surface area (Å²) in [5.74, 6) is -0.948. The minimum Gasteiger partial charge on any atom is -0.478 e. The first-order chi connectivity index (χ1) is 12.1. The van der Waals surface area contributed by atoms with E-state index in [4.69, 9.17) is 16.6 Å². The summed E-state index contributed by atoms with van der Waals surface area (Å²) in [6.45, 7) is 5.40. The largest absolute Gasteiger partial charge is 0.478 e. The molecule has 0 aliphatic heterocycles. The molecular weight excluding hydrogens is 336 g/mol. The standard InChI is InChI=1S/C20H19ClN2O2/c1-3-23(4-2)19-17(20(24)25)15-7-5-6-8-16(15)22-18(19)13-9-11-14(21)12-10-13/h5-12H,3-4H2,1-2H3,(H,24,25). The molecule has 0 amide bonds. The van der Waals surface area contributed by atoms with E-state index in [9.17, 15) is 9.90 Å². The third-order valence-corrected chi connectivity index (χ3v) is 4.53. The van der Waals surface area contributed by atoms with Crippen LogP contribution in [0.25, 0.3) is 22.2 Å². The topological polar surface area (TPSA) is 53.4 Å². The Balaban J connectivity index is 2.43. The Bertz CT molecular complexity index is 919. The first-order valence-electron chi connectivity index (χ1n) is 8.23. The molecule has 0 atom stereocenters. The van der Waals surface area contributed by atoms with E-state index in [0.717, 1.165) is 5.56 Å². The van der Waals surface area contributed by atoms with Gasteiger partial charge in [-0.15, -0.1) is 0 Å². The summed E-state index contributed by atoms with van der Waals surface area (Å²) in [7, 11) is 0. The van der Waals surface area contributed by atoms with Gasteiger partial charge in [-0.05, 0) is 32.0 Å². The van der Waals surface area contributed by atoms with Crippen LogP contribution in [0.1, 0.15) is 24.2 Å². The van der Waals surface area contributed by atoms with E-state index in [2.05, 4.69) is 0 Å². The minimum atomic E-state index is -0.948. The molecule has 0 radical (unpaired) electrons. The van der Waals surface area contributed by atoms with Crippen LogP contribution >= 0.6 is 11.6 Å². The average molecular weight is 355 g/mol. The number of hydrogen-bond donors (Lipinski definition) is 1. The van der Waals surface area contributed by atoms with Gasteiger partial charge < -0.3 is 10.0 Å². The van der Waals surface area contributed by atoms with E-state index in [1.807, 2.05) is 55.1 Å². The number of rotatable bonds is 5. The lowest BCUT2D eigenvalue weighted by Crippen LogP contribution is -2.25. The number of carboxylic acid groups (broad SMARTS) is 1. The summed E-state index contributed by atoms with van der Waals surface area (Å²) in [6, 6.07) is 14.7. The molecule has 0 unspecified atom stereocenters. The predicted molar refractivity (Wildman–Crippen MR) is 103 cm³/mol. The molecule has 1 aromatic heterocycles.